The number of rotatable bonds is 4. The van der Waals surface area contributed by atoms with Gasteiger partial charge in [-0.2, -0.15) is 0 Å². The van der Waals surface area contributed by atoms with Crippen LogP contribution in [0.3, 0.4) is 0 Å². The number of hydrogen-bond acceptors (Lipinski definition) is 5. The lowest BCUT2D eigenvalue weighted by molar-refractivity contribution is 0.353. The average Bonchev–Trinajstić information content (AvgIpc) is 2.75. The predicted molar refractivity (Wildman–Crippen MR) is 66.4 cm³/mol. The minimum atomic E-state index is 0.611. The SMILES string of the molecule is COc1ccc(CN2CCN=C2N)cc1OC. The van der Waals surface area contributed by atoms with Gasteiger partial charge in [0.25, 0.3) is 0 Å². The Hall–Kier alpha value is -1.91. The Kier molecular flexibility index (Phi) is 3.37. The first kappa shape index (κ1) is 11.6. The van der Waals surface area contributed by atoms with E-state index >= 15 is 0 Å². The summed E-state index contributed by atoms with van der Waals surface area (Å²) < 4.78 is 10.5. The van der Waals surface area contributed by atoms with Gasteiger partial charge >= 0.3 is 0 Å². The molecule has 1 heterocycles. The van der Waals surface area contributed by atoms with Gasteiger partial charge in [0.2, 0.25) is 0 Å². The van der Waals surface area contributed by atoms with E-state index in [1.54, 1.807) is 14.2 Å². The smallest absolute Gasteiger partial charge is 0.191 e. The van der Waals surface area contributed by atoms with Gasteiger partial charge in [0.05, 0.1) is 20.8 Å². The van der Waals surface area contributed by atoms with Crippen LogP contribution in [0.5, 0.6) is 11.5 Å². The quantitative estimate of drug-likeness (QED) is 0.840. The monoisotopic (exact) mass is 235 g/mol. The molecule has 2 rings (SSSR count). The topological polar surface area (TPSA) is 60.1 Å². The second-order valence-corrected chi connectivity index (χ2v) is 3.85. The van der Waals surface area contributed by atoms with Gasteiger partial charge in [-0.15, -0.1) is 0 Å². The number of ether oxygens (including phenoxy) is 2. The summed E-state index contributed by atoms with van der Waals surface area (Å²) in [6.07, 6.45) is 0. The molecule has 0 aliphatic carbocycles. The molecule has 2 N–H and O–H groups in total. The third kappa shape index (κ3) is 2.43. The summed E-state index contributed by atoms with van der Waals surface area (Å²) in [5, 5.41) is 0. The largest absolute Gasteiger partial charge is 0.493 e. The van der Waals surface area contributed by atoms with Crippen molar-refractivity contribution in [1.82, 2.24) is 4.90 Å². The molecular weight excluding hydrogens is 218 g/mol. The standard InChI is InChI=1S/C12H17N3O2/c1-16-10-4-3-9(7-11(10)17-2)8-15-6-5-14-12(15)13/h3-4,7H,5-6,8H2,1-2H3,(H2,13,14). The Morgan fingerprint density at radius 1 is 1.29 bits per heavy atom. The van der Waals surface area contributed by atoms with Gasteiger partial charge in [-0.25, -0.2) is 0 Å². The maximum atomic E-state index is 5.77. The molecule has 1 aromatic rings. The van der Waals surface area contributed by atoms with Gasteiger partial charge in [-0.3, -0.25) is 4.99 Å². The zero-order valence-corrected chi connectivity index (χ0v) is 10.1. The zero-order chi connectivity index (χ0) is 12.3. The first-order chi connectivity index (χ1) is 8.24. The van der Waals surface area contributed by atoms with Crippen molar-refractivity contribution in [3.8, 4) is 11.5 Å². The Morgan fingerprint density at radius 3 is 2.65 bits per heavy atom. The van der Waals surface area contributed by atoms with Crippen molar-refractivity contribution < 1.29 is 9.47 Å². The Balaban J connectivity index is 2.14. The van der Waals surface area contributed by atoms with Crippen LogP contribution in [0.15, 0.2) is 23.2 Å². The molecule has 0 saturated carbocycles. The maximum Gasteiger partial charge on any atom is 0.191 e. The molecule has 1 aliphatic rings. The molecule has 0 unspecified atom stereocenters. The third-order valence-electron chi connectivity index (χ3n) is 2.79. The van der Waals surface area contributed by atoms with Crippen LogP contribution < -0.4 is 15.2 Å². The summed E-state index contributed by atoms with van der Waals surface area (Å²) >= 11 is 0. The number of nitrogens with two attached hydrogens (primary N) is 1. The highest BCUT2D eigenvalue weighted by Crippen LogP contribution is 2.28. The van der Waals surface area contributed by atoms with Crippen molar-refractivity contribution in [3.05, 3.63) is 23.8 Å². The Labute approximate surface area is 101 Å². The highest BCUT2D eigenvalue weighted by Gasteiger charge is 2.14. The van der Waals surface area contributed by atoms with E-state index in [4.69, 9.17) is 15.2 Å². The molecule has 0 aromatic heterocycles. The van der Waals surface area contributed by atoms with E-state index < -0.39 is 0 Å². The molecule has 0 saturated heterocycles. The van der Waals surface area contributed by atoms with Gasteiger partial charge in [-0.1, -0.05) is 6.07 Å². The number of aliphatic imine (C=N–C) groups is 1. The van der Waals surface area contributed by atoms with Crippen LogP contribution in [0.2, 0.25) is 0 Å². The van der Waals surface area contributed by atoms with Crippen molar-refractivity contribution in [2.24, 2.45) is 10.7 Å². The van der Waals surface area contributed by atoms with Crippen LogP contribution >= 0.6 is 0 Å². The lowest BCUT2D eigenvalue weighted by Crippen LogP contribution is -2.33. The fourth-order valence-electron chi connectivity index (χ4n) is 1.86. The third-order valence-corrected chi connectivity index (χ3v) is 2.79. The molecule has 0 amide bonds. The lowest BCUT2D eigenvalue weighted by Gasteiger charge is -2.18. The van der Waals surface area contributed by atoms with Gasteiger partial charge in [0, 0.05) is 13.1 Å². The van der Waals surface area contributed by atoms with E-state index in [1.165, 1.54) is 0 Å². The zero-order valence-electron chi connectivity index (χ0n) is 10.1. The van der Waals surface area contributed by atoms with Crippen LogP contribution in [-0.4, -0.2) is 38.2 Å². The van der Waals surface area contributed by atoms with E-state index in [1.807, 2.05) is 23.1 Å². The molecule has 0 fully saturated rings. The summed E-state index contributed by atoms with van der Waals surface area (Å²) in [6.45, 7) is 2.40. The van der Waals surface area contributed by atoms with Crippen molar-refractivity contribution in [2.75, 3.05) is 27.3 Å². The normalized spacial score (nSPS) is 14.7. The molecule has 5 nitrogen and oxygen atoms in total. The molecule has 0 atom stereocenters. The van der Waals surface area contributed by atoms with E-state index in [0.29, 0.717) is 5.96 Å². The van der Waals surface area contributed by atoms with Crippen molar-refractivity contribution in [2.45, 2.75) is 6.54 Å². The van der Waals surface area contributed by atoms with Crippen LogP contribution in [0.4, 0.5) is 0 Å². The Morgan fingerprint density at radius 2 is 2.06 bits per heavy atom. The molecule has 1 aromatic carbocycles. The fourth-order valence-corrected chi connectivity index (χ4v) is 1.86. The molecule has 92 valence electrons. The summed E-state index contributed by atoms with van der Waals surface area (Å²) in [4.78, 5) is 6.20. The van der Waals surface area contributed by atoms with Crippen molar-refractivity contribution in [1.29, 1.82) is 0 Å². The first-order valence-electron chi connectivity index (χ1n) is 5.50. The average molecular weight is 235 g/mol. The van der Waals surface area contributed by atoms with E-state index in [0.717, 1.165) is 36.7 Å². The minimum Gasteiger partial charge on any atom is -0.493 e. The van der Waals surface area contributed by atoms with E-state index in [-0.39, 0.29) is 0 Å². The van der Waals surface area contributed by atoms with E-state index in [2.05, 4.69) is 4.99 Å². The van der Waals surface area contributed by atoms with Crippen LogP contribution in [0, 0.1) is 0 Å². The highest BCUT2D eigenvalue weighted by molar-refractivity contribution is 5.79. The molecular formula is C12H17N3O2. The fraction of sp³-hybridized carbons (Fsp3) is 0.417. The highest BCUT2D eigenvalue weighted by atomic mass is 16.5. The number of benzene rings is 1. The number of hydrogen-bond donors (Lipinski definition) is 1. The van der Waals surface area contributed by atoms with Crippen molar-refractivity contribution in [3.63, 3.8) is 0 Å². The van der Waals surface area contributed by atoms with Gasteiger partial charge in [0.15, 0.2) is 17.5 Å². The van der Waals surface area contributed by atoms with Gasteiger partial charge in [-0.05, 0) is 17.7 Å². The lowest BCUT2D eigenvalue weighted by atomic mass is 10.2. The molecule has 0 spiro atoms. The predicted octanol–water partition coefficient (Wildman–Crippen LogP) is 0.834. The Bertz CT molecular complexity index is 432. The molecule has 0 radical (unpaired) electrons. The van der Waals surface area contributed by atoms with Crippen LogP contribution in [0.1, 0.15) is 5.56 Å². The van der Waals surface area contributed by atoms with Gasteiger partial charge < -0.3 is 20.1 Å². The van der Waals surface area contributed by atoms with Gasteiger partial charge in [0.1, 0.15) is 0 Å². The molecule has 0 bridgehead atoms. The molecule has 5 heteroatoms. The number of guanidine groups is 1. The summed E-state index contributed by atoms with van der Waals surface area (Å²) in [5.41, 5.74) is 6.90. The maximum absolute atomic E-state index is 5.77. The molecule has 1 aliphatic heterocycles. The summed E-state index contributed by atoms with van der Waals surface area (Å²) in [6, 6.07) is 5.87. The minimum absolute atomic E-state index is 0.611. The van der Waals surface area contributed by atoms with Crippen molar-refractivity contribution >= 4 is 5.96 Å². The number of nitrogens with zero attached hydrogens (tertiary/aromatic N) is 2. The van der Waals surface area contributed by atoms with Crippen LogP contribution in [-0.2, 0) is 6.54 Å². The van der Waals surface area contributed by atoms with Crippen LogP contribution in [0.25, 0.3) is 0 Å². The summed E-state index contributed by atoms with van der Waals surface area (Å²) in [7, 11) is 3.26. The number of methoxy groups -OCH3 is 2. The van der Waals surface area contributed by atoms with E-state index in [9.17, 15) is 0 Å². The summed E-state index contributed by atoms with van der Waals surface area (Å²) in [5.74, 6) is 2.08. The second-order valence-electron chi connectivity index (χ2n) is 3.85. The second kappa shape index (κ2) is 4.95. The first-order valence-corrected chi connectivity index (χ1v) is 5.50. The molecule has 17 heavy (non-hydrogen) atoms.